The van der Waals surface area contributed by atoms with Gasteiger partial charge in [0.1, 0.15) is 5.75 Å². The molecule has 0 heterocycles. The predicted octanol–water partition coefficient (Wildman–Crippen LogP) is 4.49. The van der Waals surface area contributed by atoms with Gasteiger partial charge < -0.3 is 10.5 Å². The molecule has 21 heavy (non-hydrogen) atoms. The number of nitrogens with two attached hydrogens (primary N) is 1. The number of hydrogen-bond acceptors (Lipinski definition) is 3. The molecule has 0 aliphatic rings. The Morgan fingerprint density at radius 2 is 1.76 bits per heavy atom. The van der Waals surface area contributed by atoms with Crippen LogP contribution in [0.3, 0.4) is 0 Å². The highest BCUT2D eigenvalue weighted by molar-refractivity contribution is 7.99. The van der Waals surface area contributed by atoms with E-state index in [2.05, 4.69) is 44.2 Å². The van der Waals surface area contributed by atoms with Gasteiger partial charge in [-0.1, -0.05) is 18.2 Å². The van der Waals surface area contributed by atoms with Crippen molar-refractivity contribution < 1.29 is 4.74 Å². The Balaban J connectivity index is 1.94. The third kappa shape index (κ3) is 4.51. The van der Waals surface area contributed by atoms with E-state index >= 15 is 0 Å². The molecule has 2 aromatic rings. The van der Waals surface area contributed by atoms with E-state index in [1.807, 2.05) is 19.1 Å². The highest BCUT2D eigenvalue weighted by atomic mass is 32.2. The fourth-order valence-corrected chi connectivity index (χ4v) is 3.05. The Bertz CT molecular complexity index is 580. The van der Waals surface area contributed by atoms with Gasteiger partial charge in [-0.3, -0.25) is 0 Å². The topological polar surface area (TPSA) is 35.2 Å². The van der Waals surface area contributed by atoms with Crippen LogP contribution in [0, 0.1) is 13.8 Å². The molecule has 0 fully saturated rings. The van der Waals surface area contributed by atoms with Crippen LogP contribution in [-0.2, 0) is 0 Å². The van der Waals surface area contributed by atoms with Crippen molar-refractivity contribution in [3.63, 3.8) is 0 Å². The van der Waals surface area contributed by atoms with Crippen LogP contribution in [0.4, 0.5) is 0 Å². The number of rotatable bonds is 6. The lowest BCUT2D eigenvalue weighted by molar-refractivity contribution is 0.340. The first-order valence-corrected chi connectivity index (χ1v) is 8.27. The van der Waals surface area contributed by atoms with Crippen LogP contribution in [0.2, 0.25) is 0 Å². The molecule has 1 atom stereocenters. The molecule has 0 saturated heterocycles. The molecule has 0 spiro atoms. The quantitative estimate of drug-likeness (QED) is 0.798. The minimum atomic E-state index is 0.0345. The lowest BCUT2D eigenvalue weighted by atomic mass is 10.1. The van der Waals surface area contributed by atoms with Crippen LogP contribution >= 0.6 is 11.8 Å². The second-order valence-corrected chi connectivity index (χ2v) is 6.26. The maximum atomic E-state index is 6.27. The van der Waals surface area contributed by atoms with E-state index in [0.717, 1.165) is 17.1 Å². The SMILES string of the molecule is CCOc1ccc(C(N)CSc2ccc(C)c(C)c2)cc1. The summed E-state index contributed by atoms with van der Waals surface area (Å²) in [7, 11) is 0. The van der Waals surface area contributed by atoms with Gasteiger partial charge >= 0.3 is 0 Å². The number of benzene rings is 2. The highest BCUT2D eigenvalue weighted by Crippen LogP contribution is 2.26. The van der Waals surface area contributed by atoms with Gasteiger partial charge in [-0.25, -0.2) is 0 Å². The summed E-state index contributed by atoms with van der Waals surface area (Å²) >= 11 is 1.80. The second-order valence-electron chi connectivity index (χ2n) is 5.17. The molecule has 0 aliphatic carbocycles. The van der Waals surface area contributed by atoms with E-state index in [1.54, 1.807) is 11.8 Å². The summed E-state index contributed by atoms with van der Waals surface area (Å²) < 4.78 is 5.45. The van der Waals surface area contributed by atoms with Crippen LogP contribution in [0.15, 0.2) is 47.4 Å². The Kier molecular flexibility index (Phi) is 5.71. The summed E-state index contributed by atoms with van der Waals surface area (Å²) in [5.74, 6) is 1.77. The first-order chi connectivity index (χ1) is 10.1. The Labute approximate surface area is 131 Å². The molecular formula is C18H23NOS. The van der Waals surface area contributed by atoms with Gasteiger partial charge in [0.05, 0.1) is 6.61 Å². The summed E-state index contributed by atoms with van der Waals surface area (Å²) in [6.45, 7) is 6.95. The lowest BCUT2D eigenvalue weighted by Crippen LogP contribution is -2.12. The summed E-state index contributed by atoms with van der Waals surface area (Å²) in [6, 6.07) is 14.7. The number of aryl methyl sites for hydroxylation is 2. The normalized spacial score (nSPS) is 12.2. The van der Waals surface area contributed by atoms with Crippen molar-refractivity contribution in [1.82, 2.24) is 0 Å². The largest absolute Gasteiger partial charge is 0.494 e. The first-order valence-electron chi connectivity index (χ1n) is 7.28. The molecule has 0 saturated carbocycles. The predicted molar refractivity (Wildman–Crippen MR) is 91.2 cm³/mol. The van der Waals surface area contributed by atoms with Crippen LogP contribution < -0.4 is 10.5 Å². The van der Waals surface area contributed by atoms with Crippen LogP contribution in [0.25, 0.3) is 0 Å². The van der Waals surface area contributed by atoms with Gasteiger partial charge in [-0.2, -0.15) is 0 Å². The van der Waals surface area contributed by atoms with Gasteiger partial charge in [0.15, 0.2) is 0 Å². The second kappa shape index (κ2) is 7.53. The molecule has 112 valence electrons. The van der Waals surface area contributed by atoms with Crippen LogP contribution in [-0.4, -0.2) is 12.4 Å². The maximum absolute atomic E-state index is 6.27. The van der Waals surface area contributed by atoms with E-state index in [9.17, 15) is 0 Å². The number of ether oxygens (including phenoxy) is 1. The van der Waals surface area contributed by atoms with Gasteiger partial charge in [-0.15, -0.1) is 11.8 Å². The zero-order valence-electron chi connectivity index (χ0n) is 12.9. The Hall–Kier alpha value is -1.45. The third-order valence-corrected chi connectivity index (χ3v) is 4.64. The van der Waals surface area contributed by atoms with Crippen molar-refractivity contribution in [2.24, 2.45) is 5.73 Å². The van der Waals surface area contributed by atoms with Gasteiger partial charge in [0, 0.05) is 16.7 Å². The van der Waals surface area contributed by atoms with Crippen LogP contribution in [0.5, 0.6) is 5.75 Å². The summed E-state index contributed by atoms with van der Waals surface area (Å²) in [4.78, 5) is 1.28. The average Bonchev–Trinajstić information content (AvgIpc) is 2.49. The molecule has 0 amide bonds. The molecule has 0 aliphatic heterocycles. The molecule has 2 nitrogen and oxygen atoms in total. The Morgan fingerprint density at radius 3 is 2.38 bits per heavy atom. The van der Waals surface area contributed by atoms with Crippen molar-refractivity contribution in [2.75, 3.05) is 12.4 Å². The molecule has 2 N–H and O–H groups in total. The highest BCUT2D eigenvalue weighted by Gasteiger charge is 2.07. The molecule has 1 unspecified atom stereocenters. The van der Waals surface area contributed by atoms with Crippen LogP contribution in [0.1, 0.15) is 29.7 Å². The Morgan fingerprint density at radius 1 is 1.05 bits per heavy atom. The molecule has 2 aromatic carbocycles. The van der Waals surface area contributed by atoms with Gasteiger partial charge in [-0.05, 0) is 61.7 Å². The lowest BCUT2D eigenvalue weighted by Gasteiger charge is -2.13. The van der Waals surface area contributed by atoms with Crippen molar-refractivity contribution >= 4 is 11.8 Å². The van der Waals surface area contributed by atoms with Crippen molar-refractivity contribution in [3.05, 3.63) is 59.2 Å². The molecule has 2 rings (SSSR count). The van der Waals surface area contributed by atoms with Gasteiger partial charge in [0.25, 0.3) is 0 Å². The summed E-state index contributed by atoms with van der Waals surface area (Å²) in [5, 5.41) is 0. The fraction of sp³-hybridized carbons (Fsp3) is 0.333. The molecule has 0 aromatic heterocycles. The summed E-state index contributed by atoms with van der Waals surface area (Å²) in [6.07, 6.45) is 0. The smallest absolute Gasteiger partial charge is 0.119 e. The van der Waals surface area contributed by atoms with Crippen molar-refractivity contribution in [1.29, 1.82) is 0 Å². The molecule has 3 heteroatoms. The first kappa shape index (κ1) is 15.9. The molecule has 0 radical (unpaired) electrons. The van der Waals surface area contributed by atoms with E-state index < -0.39 is 0 Å². The zero-order chi connectivity index (χ0) is 15.2. The number of thioether (sulfide) groups is 1. The number of hydrogen-bond donors (Lipinski definition) is 1. The van der Waals surface area contributed by atoms with Gasteiger partial charge in [0.2, 0.25) is 0 Å². The van der Waals surface area contributed by atoms with E-state index in [0.29, 0.717) is 6.61 Å². The van der Waals surface area contributed by atoms with E-state index in [4.69, 9.17) is 10.5 Å². The monoisotopic (exact) mass is 301 g/mol. The zero-order valence-corrected chi connectivity index (χ0v) is 13.7. The maximum Gasteiger partial charge on any atom is 0.119 e. The summed E-state index contributed by atoms with van der Waals surface area (Å²) in [5.41, 5.74) is 10.1. The standard InChI is InChI=1S/C18H23NOS/c1-4-20-16-8-6-15(7-9-16)18(19)12-21-17-10-5-13(2)14(3)11-17/h5-11,18H,4,12,19H2,1-3H3. The van der Waals surface area contributed by atoms with E-state index in [-0.39, 0.29) is 6.04 Å². The van der Waals surface area contributed by atoms with Crippen molar-refractivity contribution in [2.45, 2.75) is 31.7 Å². The fourth-order valence-electron chi connectivity index (χ4n) is 2.06. The minimum Gasteiger partial charge on any atom is -0.494 e. The molecule has 0 bridgehead atoms. The molecular weight excluding hydrogens is 278 g/mol. The van der Waals surface area contributed by atoms with E-state index in [1.165, 1.54) is 16.0 Å². The van der Waals surface area contributed by atoms with Crippen molar-refractivity contribution in [3.8, 4) is 5.75 Å². The third-order valence-electron chi connectivity index (χ3n) is 3.53. The minimum absolute atomic E-state index is 0.0345. The average molecular weight is 301 g/mol.